The van der Waals surface area contributed by atoms with Gasteiger partial charge < -0.3 is 15.5 Å². The van der Waals surface area contributed by atoms with Crippen LogP contribution in [0.5, 0.6) is 0 Å². The molecular formula is C21H26N6O2. The molecule has 0 bridgehead atoms. The molecule has 2 N–H and O–H groups in total. The van der Waals surface area contributed by atoms with Crippen molar-refractivity contribution >= 4 is 34.3 Å². The fraction of sp³-hybridized carbons (Fsp3) is 0.333. The van der Waals surface area contributed by atoms with Crippen LogP contribution in [0.3, 0.4) is 0 Å². The Morgan fingerprint density at radius 1 is 1.07 bits per heavy atom. The fourth-order valence-corrected chi connectivity index (χ4v) is 3.44. The summed E-state index contributed by atoms with van der Waals surface area (Å²) < 4.78 is 1.70. The fourth-order valence-electron chi connectivity index (χ4n) is 3.44. The van der Waals surface area contributed by atoms with Crippen molar-refractivity contribution in [3.63, 3.8) is 0 Å². The Morgan fingerprint density at radius 2 is 1.72 bits per heavy atom. The number of urea groups is 1. The number of aromatic nitrogens is 3. The third kappa shape index (κ3) is 4.37. The maximum atomic E-state index is 12.5. The number of benzene rings is 1. The lowest BCUT2D eigenvalue weighted by Gasteiger charge is -2.19. The van der Waals surface area contributed by atoms with Gasteiger partial charge in [0.25, 0.3) is 0 Å². The molecule has 8 heteroatoms. The number of carbonyl (C=O) groups excluding carboxylic acids is 2. The number of carbonyl (C=O) groups is 2. The topological polar surface area (TPSA) is 92.2 Å². The molecular weight excluding hydrogens is 368 g/mol. The van der Waals surface area contributed by atoms with Crippen LogP contribution in [-0.4, -0.2) is 45.2 Å². The summed E-state index contributed by atoms with van der Waals surface area (Å²) in [5, 5.41) is 10.9. The van der Waals surface area contributed by atoms with Crippen molar-refractivity contribution in [2.45, 2.75) is 27.7 Å². The van der Waals surface area contributed by atoms with E-state index in [-0.39, 0.29) is 18.5 Å². The summed E-state index contributed by atoms with van der Waals surface area (Å²) in [5.74, 6) is -0.255. The summed E-state index contributed by atoms with van der Waals surface area (Å²) in [5.41, 5.74) is 6.05. The Hall–Kier alpha value is -3.42. The van der Waals surface area contributed by atoms with Gasteiger partial charge in [-0.15, -0.1) is 0 Å². The highest BCUT2D eigenvalue weighted by molar-refractivity contribution is 5.98. The number of rotatable bonds is 4. The zero-order chi connectivity index (χ0) is 21.3. The van der Waals surface area contributed by atoms with E-state index in [0.717, 1.165) is 39.1 Å². The second kappa shape index (κ2) is 7.90. The molecule has 3 aromatic rings. The molecule has 0 unspecified atom stereocenters. The largest absolute Gasteiger partial charge is 0.324 e. The van der Waals surface area contributed by atoms with E-state index >= 15 is 0 Å². The number of amides is 3. The Labute approximate surface area is 169 Å². The minimum atomic E-state index is -0.389. The van der Waals surface area contributed by atoms with Crippen LogP contribution in [0, 0.1) is 27.7 Å². The first-order valence-corrected chi connectivity index (χ1v) is 9.35. The summed E-state index contributed by atoms with van der Waals surface area (Å²) in [6.07, 6.45) is 1.58. The predicted octanol–water partition coefficient (Wildman–Crippen LogP) is 3.30. The van der Waals surface area contributed by atoms with Crippen LogP contribution in [0.25, 0.3) is 11.0 Å². The molecule has 1 aromatic carbocycles. The molecule has 0 aliphatic carbocycles. The highest BCUT2D eigenvalue weighted by atomic mass is 16.2. The molecule has 3 rings (SSSR count). The van der Waals surface area contributed by atoms with Gasteiger partial charge in [0.2, 0.25) is 5.91 Å². The summed E-state index contributed by atoms with van der Waals surface area (Å²) >= 11 is 0. The predicted molar refractivity (Wildman–Crippen MR) is 114 cm³/mol. The van der Waals surface area contributed by atoms with Crippen LogP contribution in [-0.2, 0) is 11.8 Å². The molecule has 2 heterocycles. The molecule has 0 aliphatic rings. The quantitative estimate of drug-likeness (QED) is 0.710. The van der Waals surface area contributed by atoms with Crippen molar-refractivity contribution in [2.24, 2.45) is 7.05 Å². The van der Waals surface area contributed by atoms with Gasteiger partial charge in [-0.05, 0) is 44.9 Å². The number of fused-ring (bicyclic) bond motifs is 1. The van der Waals surface area contributed by atoms with Gasteiger partial charge in [0.05, 0.1) is 17.6 Å². The molecule has 0 fully saturated rings. The average molecular weight is 394 g/mol. The zero-order valence-electron chi connectivity index (χ0n) is 17.6. The molecule has 29 heavy (non-hydrogen) atoms. The van der Waals surface area contributed by atoms with E-state index in [2.05, 4.69) is 20.7 Å². The third-order valence-electron chi connectivity index (χ3n) is 4.78. The number of anilines is 2. The molecule has 3 amide bonds. The highest BCUT2D eigenvalue weighted by Gasteiger charge is 2.16. The van der Waals surface area contributed by atoms with Gasteiger partial charge in [-0.2, -0.15) is 5.10 Å². The molecule has 0 radical (unpaired) electrons. The molecule has 2 aromatic heterocycles. The van der Waals surface area contributed by atoms with E-state index in [1.807, 2.05) is 52.9 Å². The Balaban J connectivity index is 1.65. The van der Waals surface area contributed by atoms with Crippen molar-refractivity contribution in [2.75, 3.05) is 24.2 Å². The molecule has 0 aliphatic heterocycles. The van der Waals surface area contributed by atoms with Gasteiger partial charge in [0.1, 0.15) is 6.54 Å². The van der Waals surface area contributed by atoms with Crippen molar-refractivity contribution in [3.05, 3.63) is 46.8 Å². The van der Waals surface area contributed by atoms with Crippen molar-refractivity contribution in [1.82, 2.24) is 19.7 Å². The normalized spacial score (nSPS) is 10.8. The van der Waals surface area contributed by atoms with E-state index in [0.29, 0.717) is 5.69 Å². The summed E-state index contributed by atoms with van der Waals surface area (Å²) in [4.78, 5) is 30.6. The Kier molecular flexibility index (Phi) is 5.54. The lowest BCUT2D eigenvalue weighted by Crippen LogP contribution is -2.37. The highest BCUT2D eigenvalue weighted by Crippen LogP contribution is 2.22. The maximum absolute atomic E-state index is 12.5. The third-order valence-corrected chi connectivity index (χ3v) is 4.78. The average Bonchev–Trinajstić information content (AvgIpc) is 2.91. The monoisotopic (exact) mass is 394 g/mol. The molecule has 0 saturated heterocycles. The van der Waals surface area contributed by atoms with Crippen molar-refractivity contribution in [3.8, 4) is 0 Å². The summed E-state index contributed by atoms with van der Waals surface area (Å²) in [6.45, 7) is 7.75. The maximum Gasteiger partial charge on any atom is 0.322 e. The van der Waals surface area contributed by atoms with Crippen LogP contribution in [0.15, 0.2) is 24.4 Å². The van der Waals surface area contributed by atoms with E-state index in [1.54, 1.807) is 17.9 Å². The van der Waals surface area contributed by atoms with Crippen molar-refractivity contribution < 1.29 is 9.59 Å². The van der Waals surface area contributed by atoms with Gasteiger partial charge in [0.15, 0.2) is 5.65 Å². The van der Waals surface area contributed by atoms with Gasteiger partial charge in [0, 0.05) is 25.2 Å². The van der Waals surface area contributed by atoms with E-state index in [9.17, 15) is 9.59 Å². The van der Waals surface area contributed by atoms with Gasteiger partial charge in [-0.3, -0.25) is 9.48 Å². The summed E-state index contributed by atoms with van der Waals surface area (Å²) in [6, 6.07) is 5.47. The van der Waals surface area contributed by atoms with Gasteiger partial charge in [-0.1, -0.05) is 17.7 Å². The smallest absolute Gasteiger partial charge is 0.322 e. The lowest BCUT2D eigenvalue weighted by molar-refractivity contribution is -0.116. The molecule has 0 spiro atoms. The van der Waals surface area contributed by atoms with Crippen molar-refractivity contribution in [1.29, 1.82) is 0 Å². The number of nitrogens with one attached hydrogen (secondary N) is 2. The van der Waals surface area contributed by atoms with Crippen LogP contribution in [0.2, 0.25) is 0 Å². The molecule has 8 nitrogen and oxygen atoms in total. The first-order valence-electron chi connectivity index (χ1n) is 9.35. The second-order valence-electron chi connectivity index (χ2n) is 7.41. The SMILES string of the molecule is Cc1cc(C)c(NC(=O)CN(C)C(=O)Nc2cnc3c(c2)c(C)nn3C)c(C)c1. The van der Waals surface area contributed by atoms with Crippen LogP contribution in [0.1, 0.15) is 22.4 Å². The zero-order valence-corrected chi connectivity index (χ0v) is 17.6. The lowest BCUT2D eigenvalue weighted by atomic mass is 10.1. The number of hydrogen-bond acceptors (Lipinski definition) is 4. The Bertz CT molecular complexity index is 1080. The number of likely N-dealkylation sites (N-methyl/N-ethyl adjacent to an activating group) is 1. The first-order chi connectivity index (χ1) is 13.7. The van der Waals surface area contributed by atoms with Crippen LogP contribution >= 0.6 is 0 Å². The van der Waals surface area contributed by atoms with E-state index < -0.39 is 0 Å². The minimum absolute atomic E-state index is 0.0693. The first kappa shape index (κ1) is 20.3. The summed E-state index contributed by atoms with van der Waals surface area (Å²) in [7, 11) is 3.40. The Morgan fingerprint density at radius 3 is 2.38 bits per heavy atom. The number of aryl methyl sites for hydroxylation is 5. The number of nitrogens with zero attached hydrogens (tertiary/aromatic N) is 4. The number of pyridine rings is 1. The van der Waals surface area contributed by atoms with E-state index in [4.69, 9.17) is 0 Å². The molecule has 0 saturated carbocycles. The minimum Gasteiger partial charge on any atom is -0.324 e. The van der Waals surface area contributed by atoms with Gasteiger partial charge in [-0.25, -0.2) is 9.78 Å². The molecule has 0 atom stereocenters. The second-order valence-corrected chi connectivity index (χ2v) is 7.41. The standard InChI is InChI=1S/C21H26N6O2/c1-12-7-13(2)19(14(3)8-12)24-18(28)11-26(5)21(29)23-16-9-17-15(4)25-27(6)20(17)22-10-16/h7-10H,11H2,1-6H3,(H,23,29)(H,24,28). The van der Waals surface area contributed by atoms with Crippen LogP contribution in [0.4, 0.5) is 16.2 Å². The van der Waals surface area contributed by atoms with E-state index in [1.165, 1.54) is 4.90 Å². The van der Waals surface area contributed by atoms with Crippen LogP contribution < -0.4 is 10.6 Å². The molecule has 152 valence electrons. The number of hydrogen-bond donors (Lipinski definition) is 2. The van der Waals surface area contributed by atoms with Gasteiger partial charge >= 0.3 is 6.03 Å².